The number of hydrogen-bond donors (Lipinski definition) is 0. The second-order valence-electron chi connectivity index (χ2n) is 6.25. The highest BCUT2D eigenvalue weighted by molar-refractivity contribution is 5.76. The maximum Gasteiger partial charge on any atom is 0.226 e. The number of para-hydroxylation sites is 1. The van der Waals surface area contributed by atoms with Crippen molar-refractivity contribution in [2.45, 2.75) is 32.6 Å². The van der Waals surface area contributed by atoms with Crippen molar-refractivity contribution in [3.63, 3.8) is 0 Å². The number of likely N-dealkylation sites (tertiary alicyclic amines) is 1. The second-order valence-corrected chi connectivity index (χ2v) is 6.25. The van der Waals surface area contributed by atoms with Gasteiger partial charge in [-0.2, -0.15) is 0 Å². The highest BCUT2D eigenvalue weighted by atomic mass is 16.5. The molecular weight excluding hydrogens is 302 g/mol. The Labute approximate surface area is 142 Å². The molecule has 5 nitrogen and oxygen atoms in total. The molecule has 0 bridgehead atoms. The molecule has 126 valence electrons. The maximum absolute atomic E-state index is 12.4. The van der Waals surface area contributed by atoms with Crippen molar-refractivity contribution < 1.29 is 9.53 Å². The Morgan fingerprint density at radius 2 is 1.92 bits per heavy atom. The number of benzene rings is 1. The third kappa shape index (κ3) is 4.10. The van der Waals surface area contributed by atoms with Gasteiger partial charge < -0.3 is 9.64 Å². The molecule has 0 aliphatic carbocycles. The predicted octanol–water partition coefficient (Wildman–Crippen LogP) is 2.88. The zero-order chi connectivity index (χ0) is 16.9. The molecule has 1 aliphatic heterocycles. The highest BCUT2D eigenvalue weighted by Crippen LogP contribution is 2.25. The summed E-state index contributed by atoms with van der Waals surface area (Å²) >= 11 is 0. The van der Waals surface area contributed by atoms with Crippen LogP contribution in [0, 0.1) is 13.8 Å². The van der Waals surface area contributed by atoms with Gasteiger partial charge in [0.05, 0.1) is 13.0 Å². The Kier molecular flexibility index (Phi) is 5.08. The Morgan fingerprint density at radius 1 is 1.21 bits per heavy atom. The van der Waals surface area contributed by atoms with Crippen molar-refractivity contribution in [3.8, 4) is 5.75 Å². The largest absolute Gasteiger partial charge is 0.493 e. The Hall–Kier alpha value is -2.43. The fraction of sp³-hybridized carbons (Fsp3) is 0.421. The van der Waals surface area contributed by atoms with Crippen LogP contribution in [0.4, 0.5) is 0 Å². The fourth-order valence-electron chi connectivity index (χ4n) is 3.06. The van der Waals surface area contributed by atoms with E-state index in [2.05, 4.69) is 9.97 Å². The van der Waals surface area contributed by atoms with Crippen LogP contribution in [0.15, 0.2) is 36.4 Å². The van der Waals surface area contributed by atoms with Gasteiger partial charge in [-0.05, 0) is 38.5 Å². The summed E-state index contributed by atoms with van der Waals surface area (Å²) in [6.45, 7) is 5.84. The summed E-state index contributed by atoms with van der Waals surface area (Å²) in [7, 11) is 0. The molecule has 2 aromatic rings. The van der Waals surface area contributed by atoms with E-state index >= 15 is 0 Å². The van der Waals surface area contributed by atoms with Crippen molar-refractivity contribution in [2.75, 3.05) is 19.7 Å². The average molecular weight is 325 g/mol. The first-order valence-corrected chi connectivity index (χ1v) is 8.39. The van der Waals surface area contributed by atoms with Crippen LogP contribution in [0.2, 0.25) is 0 Å². The average Bonchev–Trinajstić information content (AvgIpc) is 3.05. The number of carbonyl (C=O) groups excluding carboxylic acids is 1. The number of carbonyl (C=O) groups is 1. The van der Waals surface area contributed by atoms with Crippen LogP contribution in [-0.4, -0.2) is 40.5 Å². The number of rotatable bonds is 5. The lowest BCUT2D eigenvalue weighted by Gasteiger charge is -2.16. The Balaban J connectivity index is 1.50. The molecular formula is C19H23N3O2. The number of nitrogens with zero attached hydrogens (tertiary/aromatic N) is 3. The van der Waals surface area contributed by atoms with Crippen LogP contribution in [-0.2, 0) is 4.79 Å². The van der Waals surface area contributed by atoms with E-state index in [4.69, 9.17) is 4.74 Å². The molecule has 0 radical (unpaired) electrons. The second kappa shape index (κ2) is 7.43. The van der Waals surface area contributed by atoms with Gasteiger partial charge in [-0.15, -0.1) is 0 Å². The van der Waals surface area contributed by atoms with Crippen LogP contribution >= 0.6 is 0 Å². The molecule has 1 aromatic carbocycles. The van der Waals surface area contributed by atoms with Crippen LogP contribution < -0.4 is 4.74 Å². The van der Waals surface area contributed by atoms with E-state index in [1.807, 2.05) is 55.1 Å². The van der Waals surface area contributed by atoms with Crippen molar-refractivity contribution >= 4 is 5.91 Å². The molecule has 1 saturated heterocycles. The molecule has 0 spiro atoms. The van der Waals surface area contributed by atoms with Crippen molar-refractivity contribution in [2.24, 2.45) is 0 Å². The van der Waals surface area contributed by atoms with E-state index in [-0.39, 0.29) is 11.8 Å². The fourth-order valence-corrected chi connectivity index (χ4v) is 3.06. The molecule has 2 heterocycles. The van der Waals surface area contributed by atoms with E-state index in [9.17, 15) is 4.79 Å². The standard InChI is InChI=1S/C19H23N3O2/c1-14-12-15(2)21-19(20-14)16-8-10-22(13-16)18(23)9-11-24-17-6-4-3-5-7-17/h3-7,12,16H,8-11,13H2,1-2H3. The zero-order valence-electron chi connectivity index (χ0n) is 14.2. The Morgan fingerprint density at radius 3 is 2.62 bits per heavy atom. The SMILES string of the molecule is Cc1cc(C)nc(C2CCN(C(=O)CCOc3ccccc3)C2)n1. The summed E-state index contributed by atoms with van der Waals surface area (Å²) in [6.07, 6.45) is 1.32. The van der Waals surface area contributed by atoms with E-state index in [0.29, 0.717) is 19.6 Å². The van der Waals surface area contributed by atoms with Gasteiger partial charge >= 0.3 is 0 Å². The lowest BCUT2D eigenvalue weighted by Crippen LogP contribution is -2.29. The van der Waals surface area contributed by atoms with E-state index in [0.717, 1.165) is 35.9 Å². The number of amides is 1. The summed E-state index contributed by atoms with van der Waals surface area (Å²) < 4.78 is 5.61. The molecule has 1 atom stereocenters. The molecule has 1 amide bonds. The summed E-state index contributed by atoms with van der Waals surface area (Å²) in [6, 6.07) is 11.6. The third-order valence-corrected chi connectivity index (χ3v) is 4.23. The topological polar surface area (TPSA) is 55.3 Å². The monoisotopic (exact) mass is 325 g/mol. The predicted molar refractivity (Wildman–Crippen MR) is 92.0 cm³/mol. The first-order valence-electron chi connectivity index (χ1n) is 8.39. The molecule has 0 saturated carbocycles. The minimum Gasteiger partial charge on any atom is -0.493 e. The van der Waals surface area contributed by atoms with Gasteiger partial charge in [0.25, 0.3) is 0 Å². The Bertz CT molecular complexity index is 683. The normalized spacial score (nSPS) is 17.1. The van der Waals surface area contributed by atoms with Crippen molar-refractivity contribution in [3.05, 3.63) is 53.6 Å². The third-order valence-electron chi connectivity index (χ3n) is 4.23. The summed E-state index contributed by atoms with van der Waals surface area (Å²) in [5, 5.41) is 0. The molecule has 0 N–H and O–H groups in total. The lowest BCUT2D eigenvalue weighted by atomic mass is 10.1. The van der Waals surface area contributed by atoms with Gasteiger partial charge in [0.2, 0.25) is 5.91 Å². The van der Waals surface area contributed by atoms with Gasteiger partial charge in [-0.1, -0.05) is 18.2 Å². The van der Waals surface area contributed by atoms with Crippen molar-refractivity contribution in [1.82, 2.24) is 14.9 Å². The lowest BCUT2D eigenvalue weighted by molar-refractivity contribution is -0.130. The van der Waals surface area contributed by atoms with Crippen molar-refractivity contribution in [1.29, 1.82) is 0 Å². The molecule has 1 aromatic heterocycles. The number of aryl methyl sites for hydroxylation is 2. The van der Waals surface area contributed by atoms with E-state index in [1.54, 1.807) is 0 Å². The first kappa shape index (κ1) is 16.4. The summed E-state index contributed by atoms with van der Waals surface area (Å²) in [5.74, 6) is 2.04. The smallest absolute Gasteiger partial charge is 0.226 e. The van der Waals surface area contributed by atoms with Gasteiger partial charge in [0.15, 0.2) is 0 Å². The minimum atomic E-state index is 0.137. The molecule has 1 fully saturated rings. The highest BCUT2D eigenvalue weighted by Gasteiger charge is 2.29. The van der Waals surface area contributed by atoms with Crippen LogP contribution in [0.5, 0.6) is 5.75 Å². The summed E-state index contributed by atoms with van der Waals surface area (Å²) in [5.41, 5.74) is 1.97. The minimum absolute atomic E-state index is 0.137. The molecule has 5 heteroatoms. The quantitative estimate of drug-likeness (QED) is 0.848. The van der Waals surface area contributed by atoms with Crippen LogP contribution in [0.25, 0.3) is 0 Å². The molecule has 3 rings (SSSR count). The first-order chi connectivity index (χ1) is 11.6. The van der Waals surface area contributed by atoms with Gasteiger partial charge in [0, 0.05) is 30.4 Å². The van der Waals surface area contributed by atoms with Crippen LogP contribution in [0.3, 0.4) is 0 Å². The zero-order valence-corrected chi connectivity index (χ0v) is 14.2. The van der Waals surface area contributed by atoms with E-state index < -0.39 is 0 Å². The number of hydrogen-bond acceptors (Lipinski definition) is 4. The summed E-state index contributed by atoms with van der Waals surface area (Å²) in [4.78, 5) is 23.3. The van der Waals surface area contributed by atoms with Crippen LogP contribution in [0.1, 0.15) is 36.0 Å². The molecule has 1 aliphatic rings. The molecule has 24 heavy (non-hydrogen) atoms. The maximum atomic E-state index is 12.4. The van der Waals surface area contributed by atoms with Gasteiger partial charge in [-0.25, -0.2) is 9.97 Å². The number of ether oxygens (including phenoxy) is 1. The molecule has 1 unspecified atom stereocenters. The van der Waals surface area contributed by atoms with Gasteiger partial charge in [-0.3, -0.25) is 4.79 Å². The van der Waals surface area contributed by atoms with E-state index in [1.165, 1.54) is 0 Å². The van der Waals surface area contributed by atoms with Gasteiger partial charge in [0.1, 0.15) is 11.6 Å². The number of aromatic nitrogens is 2.